The van der Waals surface area contributed by atoms with E-state index in [0.717, 1.165) is 16.9 Å². The van der Waals surface area contributed by atoms with E-state index in [0.29, 0.717) is 10.6 Å². The maximum Gasteiger partial charge on any atom is 0.335 e. The molecule has 0 unspecified atom stereocenters. The summed E-state index contributed by atoms with van der Waals surface area (Å²) in [6, 6.07) is 19.6. The molecular formula is C20H13ClN2O2. The largest absolute Gasteiger partial charge is 0.478 e. The van der Waals surface area contributed by atoms with Crippen molar-refractivity contribution in [2.45, 2.75) is 0 Å². The number of carboxylic acids is 1. The number of nitriles is 1. The summed E-state index contributed by atoms with van der Waals surface area (Å²) in [6.45, 7) is 0. The number of halogens is 1. The number of carbonyl (C=O) groups is 1. The summed E-state index contributed by atoms with van der Waals surface area (Å²) in [7, 11) is 0. The highest BCUT2D eigenvalue weighted by Gasteiger charge is 2.07. The standard InChI is InChI=1S/C20H13ClN2O2/c21-17-4-1-3-15(11-17)16(13-22)12-19-5-2-10-23(19)18-8-6-14(7-9-18)20(24)25/h1-12H,(H,24,25)/b16-12-. The molecule has 3 aromatic rings. The van der Waals surface area contributed by atoms with Crippen LogP contribution < -0.4 is 0 Å². The highest BCUT2D eigenvalue weighted by atomic mass is 35.5. The molecule has 1 heterocycles. The molecule has 0 saturated heterocycles. The second-order valence-electron chi connectivity index (χ2n) is 5.34. The lowest BCUT2D eigenvalue weighted by atomic mass is 10.1. The lowest BCUT2D eigenvalue weighted by Gasteiger charge is -2.08. The molecule has 0 atom stereocenters. The van der Waals surface area contributed by atoms with Crippen molar-refractivity contribution in [3.8, 4) is 11.8 Å². The number of benzene rings is 2. The first-order valence-corrected chi connectivity index (χ1v) is 7.85. The second-order valence-corrected chi connectivity index (χ2v) is 5.77. The average molecular weight is 349 g/mol. The Balaban J connectivity index is 2.01. The van der Waals surface area contributed by atoms with Crippen molar-refractivity contribution in [2.24, 2.45) is 0 Å². The number of hydrogen-bond acceptors (Lipinski definition) is 2. The average Bonchev–Trinajstić information content (AvgIpc) is 3.08. The number of nitrogens with zero attached hydrogens (tertiary/aromatic N) is 2. The van der Waals surface area contributed by atoms with E-state index in [4.69, 9.17) is 16.7 Å². The monoisotopic (exact) mass is 348 g/mol. The van der Waals surface area contributed by atoms with Crippen LogP contribution >= 0.6 is 11.6 Å². The first kappa shape index (κ1) is 16.6. The van der Waals surface area contributed by atoms with Gasteiger partial charge in [-0.2, -0.15) is 5.26 Å². The van der Waals surface area contributed by atoms with E-state index in [2.05, 4.69) is 6.07 Å². The van der Waals surface area contributed by atoms with Gasteiger partial charge in [-0.05, 0) is 60.2 Å². The van der Waals surface area contributed by atoms with Gasteiger partial charge in [-0.25, -0.2) is 4.79 Å². The summed E-state index contributed by atoms with van der Waals surface area (Å²) in [5, 5.41) is 19.1. The Bertz CT molecular complexity index is 995. The molecule has 2 aromatic carbocycles. The van der Waals surface area contributed by atoms with Gasteiger partial charge in [-0.3, -0.25) is 0 Å². The number of aromatic nitrogens is 1. The van der Waals surface area contributed by atoms with E-state index >= 15 is 0 Å². The molecule has 122 valence electrons. The van der Waals surface area contributed by atoms with Gasteiger partial charge in [0.15, 0.2) is 0 Å². The number of aromatic carboxylic acids is 1. The van der Waals surface area contributed by atoms with E-state index in [1.807, 2.05) is 29.0 Å². The van der Waals surface area contributed by atoms with Gasteiger partial charge in [0.2, 0.25) is 0 Å². The summed E-state index contributed by atoms with van der Waals surface area (Å²) in [5.41, 5.74) is 3.07. The van der Waals surface area contributed by atoms with Crippen LogP contribution in [0.25, 0.3) is 17.3 Å². The van der Waals surface area contributed by atoms with E-state index in [1.54, 1.807) is 48.5 Å². The molecule has 0 aliphatic rings. The van der Waals surface area contributed by atoms with Crippen LogP contribution in [0.1, 0.15) is 21.6 Å². The Morgan fingerprint density at radius 1 is 1.08 bits per heavy atom. The van der Waals surface area contributed by atoms with Crippen LogP contribution in [0.3, 0.4) is 0 Å². The van der Waals surface area contributed by atoms with Crippen LogP contribution in [0.2, 0.25) is 5.02 Å². The van der Waals surface area contributed by atoms with Crippen molar-refractivity contribution in [1.82, 2.24) is 4.57 Å². The number of rotatable bonds is 4. The van der Waals surface area contributed by atoms with Crippen molar-refractivity contribution in [1.29, 1.82) is 5.26 Å². The summed E-state index contributed by atoms with van der Waals surface area (Å²) >= 11 is 6.01. The lowest BCUT2D eigenvalue weighted by molar-refractivity contribution is 0.0697. The third-order valence-corrected chi connectivity index (χ3v) is 3.96. The summed E-state index contributed by atoms with van der Waals surface area (Å²) < 4.78 is 1.88. The fraction of sp³-hybridized carbons (Fsp3) is 0. The Hall–Kier alpha value is -3.29. The highest BCUT2D eigenvalue weighted by Crippen LogP contribution is 2.23. The normalized spacial score (nSPS) is 11.1. The minimum atomic E-state index is -0.966. The third-order valence-electron chi connectivity index (χ3n) is 3.72. The van der Waals surface area contributed by atoms with E-state index in [-0.39, 0.29) is 5.56 Å². The summed E-state index contributed by atoms with van der Waals surface area (Å²) in [5.74, 6) is -0.966. The molecule has 0 spiro atoms. The van der Waals surface area contributed by atoms with Gasteiger partial charge in [0, 0.05) is 22.6 Å². The summed E-state index contributed by atoms with van der Waals surface area (Å²) in [4.78, 5) is 11.0. The lowest BCUT2D eigenvalue weighted by Crippen LogP contribution is -1.99. The van der Waals surface area contributed by atoms with Crippen molar-refractivity contribution >= 4 is 29.2 Å². The van der Waals surface area contributed by atoms with Gasteiger partial charge >= 0.3 is 5.97 Å². The molecule has 25 heavy (non-hydrogen) atoms. The third kappa shape index (κ3) is 3.63. The zero-order chi connectivity index (χ0) is 17.8. The van der Waals surface area contributed by atoms with Gasteiger partial charge < -0.3 is 9.67 Å². The molecule has 3 rings (SSSR count). The first-order valence-electron chi connectivity index (χ1n) is 7.47. The van der Waals surface area contributed by atoms with Crippen LogP contribution in [0, 0.1) is 11.3 Å². The van der Waals surface area contributed by atoms with Crippen LogP contribution in [-0.2, 0) is 0 Å². The molecular weight excluding hydrogens is 336 g/mol. The Kier molecular flexibility index (Phi) is 4.69. The van der Waals surface area contributed by atoms with Crippen LogP contribution in [-0.4, -0.2) is 15.6 Å². The van der Waals surface area contributed by atoms with Gasteiger partial charge in [-0.15, -0.1) is 0 Å². The van der Waals surface area contributed by atoms with Crippen LogP contribution in [0.4, 0.5) is 0 Å². The Morgan fingerprint density at radius 3 is 2.48 bits per heavy atom. The number of allylic oxidation sites excluding steroid dienone is 1. The Labute approximate surface area is 149 Å². The highest BCUT2D eigenvalue weighted by molar-refractivity contribution is 6.30. The minimum Gasteiger partial charge on any atom is -0.478 e. The van der Waals surface area contributed by atoms with E-state index in [1.165, 1.54) is 0 Å². The van der Waals surface area contributed by atoms with Gasteiger partial charge in [-0.1, -0.05) is 23.7 Å². The number of hydrogen-bond donors (Lipinski definition) is 1. The van der Waals surface area contributed by atoms with Crippen LogP contribution in [0.15, 0.2) is 66.9 Å². The Morgan fingerprint density at radius 2 is 1.84 bits per heavy atom. The molecule has 0 aliphatic carbocycles. The predicted molar refractivity (Wildman–Crippen MR) is 97.7 cm³/mol. The fourth-order valence-electron chi connectivity index (χ4n) is 2.50. The predicted octanol–water partition coefficient (Wildman–Crippen LogP) is 4.89. The second kappa shape index (κ2) is 7.08. The zero-order valence-electron chi connectivity index (χ0n) is 13.1. The maximum absolute atomic E-state index is 11.0. The molecule has 1 aromatic heterocycles. The van der Waals surface area contributed by atoms with Gasteiger partial charge in [0.25, 0.3) is 0 Å². The van der Waals surface area contributed by atoms with E-state index in [9.17, 15) is 10.1 Å². The molecule has 0 bridgehead atoms. The van der Waals surface area contributed by atoms with Crippen molar-refractivity contribution < 1.29 is 9.90 Å². The van der Waals surface area contributed by atoms with Crippen molar-refractivity contribution in [2.75, 3.05) is 0 Å². The van der Waals surface area contributed by atoms with Crippen LogP contribution in [0.5, 0.6) is 0 Å². The molecule has 1 N–H and O–H groups in total. The molecule has 4 nitrogen and oxygen atoms in total. The molecule has 0 radical (unpaired) electrons. The summed E-state index contributed by atoms with van der Waals surface area (Å²) in [6.07, 6.45) is 3.63. The minimum absolute atomic E-state index is 0.227. The molecule has 5 heteroatoms. The first-order chi connectivity index (χ1) is 12.1. The number of carboxylic acid groups (broad SMARTS) is 1. The molecule has 0 amide bonds. The topological polar surface area (TPSA) is 66.0 Å². The quantitative estimate of drug-likeness (QED) is 0.682. The zero-order valence-corrected chi connectivity index (χ0v) is 13.8. The van der Waals surface area contributed by atoms with Crippen molar-refractivity contribution in [3.05, 3.63) is 88.7 Å². The smallest absolute Gasteiger partial charge is 0.335 e. The molecule has 0 aliphatic heterocycles. The molecule has 0 fully saturated rings. The van der Waals surface area contributed by atoms with Crippen molar-refractivity contribution in [3.63, 3.8) is 0 Å². The van der Waals surface area contributed by atoms with E-state index < -0.39 is 5.97 Å². The molecule has 0 saturated carbocycles. The maximum atomic E-state index is 11.0. The van der Waals surface area contributed by atoms with Gasteiger partial charge in [0.1, 0.15) is 0 Å². The fourth-order valence-corrected chi connectivity index (χ4v) is 2.69. The SMILES string of the molecule is N#C/C(=C/c1cccn1-c1ccc(C(=O)O)cc1)c1cccc(Cl)c1. The van der Waals surface area contributed by atoms with Gasteiger partial charge in [0.05, 0.1) is 17.2 Å².